The molecule has 0 unspecified atom stereocenters. The number of likely N-dealkylation sites (N-methyl/N-ethyl adjacent to an activating group) is 2. The Hall–Kier alpha value is -2.90. The summed E-state index contributed by atoms with van der Waals surface area (Å²) in [6, 6.07) is 13.6. The number of H-pyrrole nitrogens is 1. The van der Waals surface area contributed by atoms with Gasteiger partial charge in [-0.05, 0) is 50.0 Å². The van der Waals surface area contributed by atoms with Gasteiger partial charge in [-0.1, -0.05) is 12.1 Å². The third kappa shape index (κ3) is 5.31. The van der Waals surface area contributed by atoms with E-state index < -0.39 is 0 Å². The summed E-state index contributed by atoms with van der Waals surface area (Å²) in [7, 11) is 4.04. The summed E-state index contributed by atoms with van der Waals surface area (Å²) in [4.78, 5) is 13.4. The van der Waals surface area contributed by atoms with Gasteiger partial charge < -0.3 is 15.4 Å². The molecule has 1 amide bonds. The highest BCUT2D eigenvalue weighted by molar-refractivity contribution is 5.88. The highest BCUT2D eigenvalue weighted by Crippen LogP contribution is 2.24. The van der Waals surface area contributed by atoms with Crippen LogP contribution < -0.4 is 15.4 Å². The molecular weight excluding hydrogens is 354 g/mol. The summed E-state index contributed by atoms with van der Waals surface area (Å²) in [5.74, 6) is 0.702. The van der Waals surface area contributed by atoms with Crippen molar-refractivity contribution in [1.82, 2.24) is 20.4 Å². The molecule has 1 aromatic heterocycles. The van der Waals surface area contributed by atoms with Crippen molar-refractivity contribution in [2.45, 2.75) is 20.1 Å². The molecule has 3 aromatic rings. The van der Waals surface area contributed by atoms with Crippen LogP contribution in [0.25, 0.3) is 10.9 Å². The van der Waals surface area contributed by atoms with E-state index in [1.807, 2.05) is 49.5 Å². The van der Waals surface area contributed by atoms with E-state index in [4.69, 9.17) is 4.74 Å². The van der Waals surface area contributed by atoms with Crippen molar-refractivity contribution in [2.24, 2.45) is 0 Å². The van der Waals surface area contributed by atoms with Crippen molar-refractivity contribution in [3.63, 3.8) is 0 Å². The molecule has 0 spiro atoms. The second-order valence-corrected chi connectivity index (χ2v) is 6.89. The maximum absolute atomic E-state index is 11.2. The first-order valence-corrected chi connectivity index (χ1v) is 9.34. The number of ether oxygens (including phenoxy) is 1. The van der Waals surface area contributed by atoms with Crippen LogP contribution in [0.3, 0.4) is 0 Å². The number of carbonyl (C=O) groups excluding carboxylic acids is 1. The van der Waals surface area contributed by atoms with Crippen molar-refractivity contribution >= 4 is 22.5 Å². The van der Waals surface area contributed by atoms with Crippen molar-refractivity contribution in [1.29, 1.82) is 0 Å². The van der Waals surface area contributed by atoms with Crippen LogP contribution in [0.15, 0.2) is 42.5 Å². The summed E-state index contributed by atoms with van der Waals surface area (Å²) in [5.41, 5.74) is 3.76. The predicted octanol–water partition coefficient (Wildman–Crippen LogP) is 2.75. The van der Waals surface area contributed by atoms with Crippen LogP contribution in [-0.2, 0) is 17.9 Å². The molecule has 0 saturated carbocycles. The highest BCUT2D eigenvalue weighted by atomic mass is 16.5. The number of rotatable bonds is 9. The number of aromatic amines is 1. The van der Waals surface area contributed by atoms with E-state index >= 15 is 0 Å². The lowest BCUT2D eigenvalue weighted by Crippen LogP contribution is -2.27. The maximum Gasteiger partial charge on any atom is 0.221 e. The fourth-order valence-electron chi connectivity index (χ4n) is 3.00. The number of hydrogen-bond donors (Lipinski definition) is 3. The SMILES string of the molecule is CNCCN(C)Cc1n[nH]c2ccc(OCc3cccc(NC(C)=O)c3)cc12. The van der Waals surface area contributed by atoms with Gasteiger partial charge in [-0.2, -0.15) is 5.10 Å². The van der Waals surface area contributed by atoms with Gasteiger partial charge in [0.05, 0.1) is 11.2 Å². The van der Waals surface area contributed by atoms with Gasteiger partial charge in [-0.15, -0.1) is 0 Å². The summed E-state index contributed by atoms with van der Waals surface area (Å²) in [6.07, 6.45) is 0. The Balaban J connectivity index is 1.68. The van der Waals surface area contributed by atoms with Gasteiger partial charge in [0.2, 0.25) is 5.91 Å². The number of nitrogens with zero attached hydrogens (tertiary/aromatic N) is 2. The fraction of sp³-hybridized carbons (Fsp3) is 0.333. The lowest BCUT2D eigenvalue weighted by Gasteiger charge is -2.15. The first-order chi connectivity index (χ1) is 13.5. The van der Waals surface area contributed by atoms with Crippen molar-refractivity contribution in [3.8, 4) is 5.75 Å². The van der Waals surface area contributed by atoms with Gasteiger partial charge in [-0.3, -0.25) is 14.8 Å². The molecule has 148 valence electrons. The molecule has 0 aliphatic heterocycles. The third-order valence-corrected chi connectivity index (χ3v) is 4.43. The average Bonchev–Trinajstić information content (AvgIpc) is 3.06. The van der Waals surface area contributed by atoms with Gasteiger partial charge in [0.1, 0.15) is 12.4 Å². The lowest BCUT2D eigenvalue weighted by atomic mass is 10.2. The zero-order chi connectivity index (χ0) is 19.9. The molecule has 0 atom stereocenters. The largest absolute Gasteiger partial charge is 0.489 e. The average molecular weight is 381 g/mol. The zero-order valence-electron chi connectivity index (χ0n) is 16.6. The Bertz CT molecular complexity index is 937. The Kier molecular flexibility index (Phi) is 6.62. The second kappa shape index (κ2) is 9.34. The molecule has 0 radical (unpaired) electrons. The molecule has 7 heteroatoms. The number of carbonyl (C=O) groups is 1. The minimum Gasteiger partial charge on any atom is -0.489 e. The van der Waals surface area contributed by atoms with Gasteiger partial charge in [0.15, 0.2) is 0 Å². The lowest BCUT2D eigenvalue weighted by molar-refractivity contribution is -0.114. The number of amides is 1. The Labute approximate surface area is 165 Å². The van der Waals surface area contributed by atoms with Gasteiger partial charge in [0.25, 0.3) is 0 Å². The molecule has 0 bridgehead atoms. The highest BCUT2D eigenvalue weighted by Gasteiger charge is 2.10. The molecule has 0 aliphatic carbocycles. The summed E-state index contributed by atoms with van der Waals surface area (Å²) in [5, 5.41) is 14.6. The molecule has 3 N–H and O–H groups in total. The number of hydrogen-bond acceptors (Lipinski definition) is 5. The molecule has 0 aliphatic rings. The van der Waals surface area contributed by atoms with E-state index in [0.717, 1.165) is 53.2 Å². The van der Waals surface area contributed by atoms with E-state index in [1.54, 1.807) is 0 Å². The number of fused-ring (bicyclic) bond motifs is 1. The Morgan fingerprint density at radius 1 is 1.25 bits per heavy atom. The van der Waals surface area contributed by atoms with Crippen LogP contribution in [0.2, 0.25) is 0 Å². The van der Waals surface area contributed by atoms with Gasteiger partial charge in [-0.25, -0.2) is 0 Å². The molecule has 0 fully saturated rings. The molecule has 1 heterocycles. The molecule has 7 nitrogen and oxygen atoms in total. The summed E-state index contributed by atoms with van der Waals surface area (Å²) >= 11 is 0. The Morgan fingerprint density at radius 2 is 2.11 bits per heavy atom. The number of nitrogens with one attached hydrogen (secondary N) is 3. The number of benzene rings is 2. The van der Waals surface area contributed by atoms with E-state index in [1.165, 1.54) is 6.92 Å². The van der Waals surface area contributed by atoms with E-state index in [0.29, 0.717) is 6.61 Å². The fourth-order valence-corrected chi connectivity index (χ4v) is 3.00. The maximum atomic E-state index is 11.2. The summed E-state index contributed by atoms with van der Waals surface area (Å²) in [6.45, 7) is 4.58. The minimum atomic E-state index is -0.0873. The molecule has 28 heavy (non-hydrogen) atoms. The number of anilines is 1. The van der Waals surface area contributed by atoms with Crippen LogP contribution >= 0.6 is 0 Å². The first kappa shape index (κ1) is 19.9. The first-order valence-electron chi connectivity index (χ1n) is 9.34. The summed E-state index contributed by atoms with van der Waals surface area (Å²) < 4.78 is 5.98. The minimum absolute atomic E-state index is 0.0873. The predicted molar refractivity (Wildman–Crippen MR) is 111 cm³/mol. The normalized spacial score (nSPS) is 11.1. The topological polar surface area (TPSA) is 82.3 Å². The monoisotopic (exact) mass is 381 g/mol. The van der Waals surface area contributed by atoms with E-state index in [-0.39, 0.29) is 5.91 Å². The van der Waals surface area contributed by atoms with E-state index in [9.17, 15) is 4.79 Å². The van der Waals surface area contributed by atoms with Crippen molar-refractivity contribution < 1.29 is 9.53 Å². The standard InChI is InChI=1S/C21H27N5O2/c1-15(27)23-17-6-4-5-16(11-17)14-28-18-7-8-20-19(12-18)21(25-24-20)13-26(3)10-9-22-2/h4-8,11-12,22H,9-10,13-14H2,1-3H3,(H,23,27)(H,24,25). The van der Waals surface area contributed by atoms with Crippen LogP contribution in [0.1, 0.15) is 18.2 Å². The molecule has 2 aromatic carbocycles. The third-order valence-electron chi connectivity index (χ3n) is 4.43. The molecular formula is C21H27N5O2. The van der Waals surface area contributed by atoms with E-state index in [2.05, 4.69) is 32.8 Å². The van der Waals surface area contributed by atoms with Crippen LogP contribution in [0.5, 0.6) is 5.75 Å². The number of aromatic nitrogens is 2. The van der Waals surface area contributed by atoms with Crippen LogP contribution in [-0.4, -0.2) is 48.2 Å². The van der Waals surface area contributed by atoms with Crippen LogP contribution in [0.4, 0.5) is 5.69 Å². The van der Waals surface area contributed by atoms with Crippen molar-refractivity contribution in [2.75, 3.05) is 32.5 Å². The van der Waals surface area contributed by atoms with Crippen molar-refractivity contribution in [3.05, 3.63) is 53.7 Å². The van der Waals surface area contributed by atoms with Crippen LogP contribution in [0, 0.1) is 0 Å². The smallest absolute Gasteiger partial charge is 0.221 e. The zero-order valence-corrected chi connectivity index (χ0v) is 16.6. The molecule has 0 saturated heterocycles. The van der Waals surface area contributed by atoms with Gasteiger partial charge in [0, 0.05) is 37.6 Å². The Morgan fingerprint density at radius 3 is 2.89 bits per heavy atom. The molecule has 3 rings (SSSR count). The van der Waals surface area contributed by atoms with Gasteiger partial charge >= 0.3 is 0 Å². The second-order valence-electron chi connectivity index (χ2n) is 6.89. The quantitative estimate of drug-likeness (QED) is 0.531.